The van der Waals surface area contributed by atoms with Gasteiger partial charge in [-0.2, -0.15) is 0 Å². The maximum Gasteiger partial charge on any atom is 0.190 e. The molecule has 0 bridgehead atoms. The normalized spacial score (nSPS) is 23.8. The van der Waals surface area contributed by atoms with Crippen LogP contribution in [0.25, 0.3) is 0 Å². The fourth-order valence-electron chi connectivity index (χ4n) is 2.29. The van der Waals surface area contributed by atoms with Crippen molar-refractivity contribution < 1.29 is 0 Å². The Bertz CT molecular complexity index is 252. The van der Waals surface area contributed by atoms with Crippen molar-refractivity contribution in [3.05, 3.63) is 0 Å². The molecular formula is C13H26N4. The minimum absolute atomic E-state index is 0.811. The van der Waals surface area contributed by atoms with Gasteiger partial charge in [0.1, 0.15) is 0 Å². The predicted molar refractivity (Wildman–Crippen MR) is 72.3 cm³/mol. The summed E-state index contributed by atoms with van der Waals surface area (Å²) < 4.78 is 0. The molecule has 0 unspecified atom stereocenters. The van der Waals surface area contributed by atoms with Crippen LogP contribution in [0.2, 0.25) is 0 Å². The first-order valence-corrected chi connectivity index (χ1v) is 6.91. The van der Waals surface area contributed by atoms with Crippen LogP contribution in [0.1, 0.15) is 25.7 Å². The van der Waals surface area contributed by atoms with Gasteiger partial charge in [-0.1, -0.05) is 0 Å². The van der Waals surface area contributed by atoms with Crippen molar-refractivity contribution >= 4 is 5.96 Å². The van der Waals surface area contributed by atoms with Crippen LogP contribution in [0.5, 0.6) is 0 Å². The van der Waals surface area contributed by atoms with Crippen LogP contribution in [-0.2, 0) is 0 Å². The molecule has 1 aliphatic heterocycles. The minimum atomic E-state index is 0.811. The molecule has 98 valence electrons. The predicted octanol–water partition coefficient (Wildman–Crippen LogP) is 0.903. The summed E-state index contributed by atoms with van der Waals surface area (Å²) in [7, 11) is 4.07. The van der Waals surface area contributed by atoms with Crippen molar-refractivity contribution in [1.82, 2.24) is 15.5 Å². The molecule has 17 heavy (non-hydrogen) atoms. The van der Waals surface area contributed by atoms with Gasteiger partial charge >= 0.3 is 0 Å². The maximum absolute atomic E-state index is 4.27. The molecule has 0 amide bonds. The van der Waals surface area contributed by atoms with Gasteiger partial charge < -0.3 is 15.5 Å². The van der Waals surface area contributed by atoms with Crippen molar-refractivity contribution in [3.8, 4) is 0 Å². The first kappa shape index (κ1) is 12.7. The molecule has 0 radical (unpaired) electrons. The Morgan fingerprint density at radius 1 is 1.06 bits per heavy atom. The SMILES string of the molecule is CN=C(NCC1CC1)NCC1CCN(C)CC1. The summed E-state index contributed by atoms with van der Waals surface area (Å²) in [4.78, 5) is 6.68. The zero-order valence-corrected chi connectivity index (χ0v) is 11.2. The summed E-state index contributed by atoms with van der Waals surface area (Å²) in [6, 6.07) is 0. The molecule has 2 N–H and O–H groups in total. The number of guanidine groups is 1. The topological polar surface area (TPSA) is 39.7 Å². The van der Waals surface area contributed by atoms with E-state index in [9.17, 15) is 0 Å². The molecule has 2 rings (SSSR count). The molecule has 0 atom stereocenters. The highest BCUT2D eigenvalue weighted by atomic mass is 15.2. The smallest absolute Gasteiger partial charge is 0.190 e. The van der Waals surface area contributed by atoms with E-state index in [1.54, 1.807) is 0 Å². The van der Waals surface area contributed by atoms with Crippen LogP contribution in [-0.4, -0.2) is 51.1 Å². The third-order valence-electron chi connectivity index (χ3n) is 3.88. The number of hydrogen-bond donors (Lipinski definition) is 2. The Hall–Kier alpha value is -0.770. The highest BCUT2D eigenvalue weighted by molar-refractivity contribution is 5.79. The van der Waals surface area contributed by atoms with E-state index in [0.29, 0.717) is 0 Å². The first-order chi connectivity index (χ1) is 8.28. The van der Waals surface area contributed by atoms with E-state index < -0.39 is 0 Å². The highest BCUT2D eigenvalue weighted by Crippen LogP contribution is 2.27. The Kier molecular flexibility index (Phi) is 4.66. The molecule has 1 aliphatic carbocycles. The van der Waals surface area contributed by atoms with E-state index in [-0.39, 0.29) is 0 Å². The van der Waals surface area contributed by atoms with Crippen LogP contribution >= 0.6 is 0 Å². The molecule has 4 heteroatoms. The van der Waals surface area contributed by atoms with Crippen molar-refractivity contribution in [2.75, 3.05) is 40.3 Å². The zero-order valence-electron chi connectivity index (χ0n) is 11.2. The standard InChI is InChI=1S/C13H26N4/c1-14-13(15-9-11-3-4-11)16-10-12-5-7-17(2)8-6-12/h11-12H,3-10H2,1-2H3,(H2,14,15,16). The molecular weight excluding hydrogens is 212 g/mol. The number of hydrogen-bond acceptors (Lipinski definition) is 2. The van der Waals surface area contributed by atoms with E-state index in [4.69, 9.17) is 0 Å². The van der Waals surface area contributed by atoms with Gasteiger partial charge in [-0.15, -0.1) is 0 Å². The highest BCUT2D eigenvalue weighted by Gasteiger charge is 2.21. The average Bonchev–Trinajstić information content (AvgIpc) is 3.15. The van der Waals surface area contributed by atoms with Crippen LogP contribution in [0, 0.1) is 11.8 Å². The van der Waals surface area contributed by atoms with E-state index in [2.05, 4.69) is 27.6 Å². The van der Waals surface area contributed by atoms with Gasteiger partial charge in [-0.25, -0.2) is 0 Å². The van der Waals surface area contributed by atoms with E-state index >= 15 is 0 Å². The van der Waals surface area contributed by atoms with Gasteiger partial charge in [0, 0.05) is 20.1 Å². The van der Waals surface area contributed by atoms with Crippen LogP contribution in [0.3, 0.4) is 0 Å². The summed E-state index contributed by atoms with van der Waals surface area (Å²) in [6.07, 6.45) is 5.39. The van der Waals surface area contributed by atoms with Gasteiger partial charge in [0.2, 0.25) is 0 Å². The molecule has 1 saturated heterocycles. The third kappa shape index (κ3) is 4.54. The van der Waals surface area contributed by atoms with Crippen LogP contribution in [0.4, 0.5) is 0 Å². The van der Waals surface area contributed by atoms with E-state index in [1.807, 2.05) is 7.05 Å². The fourth-order valence-corrected chi connectivity index (χ4v) is 2.29. The summed E-state index contributed by atoms with van der Waals surface area (Å²) >= 11 is 0. The zero-order chi connectivity index (χ0) is 12.1. The minimum Gasteiger partial charge on any atom is -0.356 e. The van der Waals surface area contributed by atoms with Crippen molar-refractivity contribution in [1.29, 1.82) is 0 Å². The van der Waals surface area contributed by atoms with Gasteiger partial charge in [0.25, 0.3) is 0 Å². The lowest BCUT2D eigenvalue weighted by Crippen LogP contribution is -2.42. The van der Waals surface area contributed by atoms with Crippen molar-refractivity contribution in [2.45, 2.75) is 25.7 Å². The second-order valence-electron chi connectivity index (χ2n) is 5.52. The average molecular weight is 238 g/mol. The maximum atomic E-state index is 4.27. The lowest BCUT2D eigenvalue weighted by Gasteiger charge is -2.29. The number of nitrogens with zero attached hydrogens (tertiary/aromatic N) is 2. The lowest BCUT2D eigenvalue weighted by molar-refractivity contribution is 0.220. The summed E-state index contributed by atoms with van der Waals surface area (Å²) in [5.74, 6) is 2.69. The Balaban J connectivity index is 1.61. The monoisotopic (exact) mass is 238 g/mol. The van der Waals surface area contributed by atoms with Crippen molar-refractivity contribution in [3.63, 3.8) is 0 Å². The largest absolute Gasteiger partial charge is 0.356 e. The van der Waals surface area contributed by atoms with Gasteiger partial charge in [-0.05, 0) is 57.7 Å². The summed E-state index contributed by atoms with van der Waals surface area (Å²) in [5, 5.41) is 6.87. The number of nitrogens with one attached hydrogen (secondary N) is 2. The quantitative estimate of drug-likeness (QED) is 0.565. The molecule has 0 aromatic heterocycles. The summed E-state index contributed by atoms with van der Waals surface area (Å²) in [6.45, 7) is 4.63. The molecule has 0 spiro atoms. The number of rotatable bonds is 4. The third-order valence-corrected chi connectivity index (χ3v) is 3.88. The molecule has 1 heterocycles. The number of aliphatic imine (C=N–C) groups is 1. The Morgan fingerprint density at radius 3 is 2.06 bits per heavy atom. The van der Waals surface area contributed by atoms with Gasteiger partial charge in [-0.3, -0.25) is 4.99 Å². The van der Waals surface area contributed by atoms with Crippen LogP contribution < -0.4 is 10.6 Å². The molecule has 4 nitrogen and oxygen atoms in total. The molecule has 0 aromatic carbocycles. The Morgan fingerprint density at radius 2 is 1.59 bits per heavy atom. The number of piperidine rings is 1. The Labute approximate surface area is 105 Å². The lowest BCUT2D eigenvalue weighted by atomic mass is 9.97. The molecule has 0 aromatic rings. The molecule has 1 saturated carbocycles. The summed E-state index contributed by atoms with van der Waals surface area (Å²) in [5.41, 5.74) is 0. The van der Waals surface area contributed by atoms with Gasteiger partial charge in [0.05, 0.1) is 0 Å². The fraction of sp³-hybridized carbons (Fsp3) is 0.923. The van der Waals surface area contributed by atoms with E-state index in [0.717, 1.165) is 30.9 Å². The second kappa shape index (κ2) is 6.24. The van der Waals surface area contributed by atoms with E-state index in [1.165, 1.54) is 38.8 Å². The van der Waals surface area contributed by atoms with Gasteiger partial charge in [0.15, 0.2) is 5.96 Å². The van der Waals surface area contributed by atoms with Crippen molar-refractivity contribution in [2.24, 2.45) is 16.8 Å². The second-order valence-corrected chi connectivity index (χ2v) is 5.52. The van der Waals surface area contributed by atoms with Crippen LogP contribution in [0.15, 0.2) is 4.99 Å². The first-order valence-electron chi connectivity index (χ1n) is 6.91. The molecule has 2 aliphatic rings. The number of likely N-dealkylation sites (tertiary alicyclic amines) is 1. The molecule has 2 fully saturated rings.